The zero-order valence-corrected chi connectivity index (χ0v) is 74.2. The second-order valence-electron chi connectivity index (χ2n) is 32.7. The molecule has 4 aliphatic heterocycles. The first-order valence-electron chi connectivity index (χ1n) is 39.0. The molecule has 4 aliphatic rings. The van der Waals surface area contributed by atoms with E-state index in [1.54, 1.807) is 49.5 Å². The molecular weight excluding hydrogens is 1570 g/mol. The topological polar surface area (TPSA) is 432 Å². The number of nitrogen functional groups attached to an aromatic ring is 1. The monoisotopic (exact) mass is 1690 g/mol. The van der Waals surface area contributed by atoms with Crippen molar-refractivity contribution in [1.29, 1.82) is 0 Å². The number of nitrogens with one attached hydrogen (secondary N) is 3. The van der Waals surface area contributed by atoms with Gasteiger partial charge in [-0.3, -0.25) is 18.3 Å². The van der Waals surface area contributed by atoms with Crippen LogP contribution in [0.4, 0.5) is 23.1 Å². The minimum Gasteiger partial charge on any atom is -0.467 e. The van der Waals surface area contributed by atoms with Gasteiger partial charge in [-0.15, -0.1) is 52.7 Å². The van der Waals surface area contributed by atoms with Crippen LogP contribution in [0.3, 0.4) is 0 Å². The van der Waals surface area contributed by atoms with Gasteiger partial charge in [0.15, 0.2) is 86.7 Å². The zero-order chi connectivity index (χ0) is 84.3. The maximum atomic E-state index is 10.7. The summed E-state index contributed by atoms with van der Waals surface area (Å²) in [5.41, 5.74) is 14.8. The van der Waals surface area contributed by atoms with Crippen molar-refractivity contribution in [1.82, 2.24) is 73.1 Å². The molecular formula is C78H125N19O13P4S. The molecule has 0 amide bonds. The van der Waals surface area contributed by atoms with Crippen molar-refractivity contribution in [3.63, 3.8) is 0 Å². The molecule has 8 aromatic heterocycles. The molecule has 0 radical (unpaired) electrons. The van der Waals surface area contributed by atoms with E-state index in [0.29, 0.717) is 124 Å². The van der Waals surface area contributed by atoms with Crippen molar-refractivity contribution in [3.8, 4) is 6.01 Å². The molecule has 0 aliphatic carbocycles. The van der Waals surface area contributed by atoms with Crippen molar-refractivity contribution < 1.29 is 64.5 Å². The van der Waals surface area contributed by atoms with E-state index in [2.05, 4.69) is 209 Å². The number of pyridine rings is 1. The second-order valence-corrected chi connectivity index (χ2v) is 50.8. The molecule has 0 saturated carbocycles. The molecule has 0 unspecified atom stereocenters. The average molecular weight is 1690 g/mol. The number of aliphatic hydroxyl groups excluding tert-OH is 8. The van der Waals surface area contributed by atoms with Gasteiger partial charge in [0.2, 0.25) is 0 Å². The summed E-state index contributed by atoms with van der Waals surface area (Å²) >= 11 is 1.43. The first-order valence-corrected chi connectivity index (χ1v) is 52.4. The Labute approximate surface area is 680 Å². The fraction of sp³-hybridized carbons (Fsp3) is 0.603. The van der Waals surface area contributed by atoms with Gasteiger partial charge in [0.1, 0.15) is 66.5 Å². The summed E-state index contributed by atoms with van der Waals surface area (Å²) in [5.74, 6) is 2.44. The molecule has 0 bridgehead atoms. The molecule has 8 aromatic rings. The predicted molar refractivity (Wildman–Crippen MR) is 474 cm³/mol. The number of imidazole rings is 4. The molecule has 0 aromatic carbocycles. The number of aliphatic hydroxyl groups is 8. The number of hydrogen-bond donors (Lipinski definition) is 12. The quantitative estimate of drug-likeness (QED) is 0.00866. The smallest absolute Gasteiger partial charge is 0.320 e. The number of allylic oxidation sites excluding steroid dienone is 3. The molecule has 4 fully saturated rings. The molecule has 115 heavy (non-hydrogen) atoms. The zero-order valence-electron chi connectivity index (χ0n) is 69.8. The molecule has 13 N–H and O–H groups in total. The van der Waals surface area contributed by atoms with Crippen LogP contribution in [-0.2, 0) is 18.9 Å². The summed E-state index contributed by atoms with van der Waals surface area (Å²) in [4.78, 5) is 48.7. The van der Waals surface area contributed by atoms with Gasteiger partial charge in [0, 0.05) is 25.8 Å². The van der Waals surface area contributed by atoms with E-state index in [0.717, 1.165) is 43.9 Å². The number of anilines is 4. The number of methoxy groups -OCH3 is 1. The molecule has 0 spiro atoms. The van der Waals surface area contributed by atoms with E-state index < -0.39 is 126 Å². The Kier molecular flexibility index (Phi) is 32.2. The van der Waals surface area contributed by atoms with Crippen LogP contribution in [0.2, 0.25) is 0 Å². The predicted octanol–water partition coefficient (Wildman–Crippen LogP) is 8.71. The van der Waals surface area contributed by atoms with Gasteiger partial charge in [0.05, 0.1) is 56.2 Å². The minimum atomic E-state index is -1.26. The summed E-state index contributed by atoms with van der Waals surface area (Å²) in [5, 5.41) is 94.9. The Morgan fingerprint density at radius 3 is 1.23 bits per heavy atom. The highest BCUT2D eigenvalue weighted by molar-refractivity contribution is 7.98. The molecule has 12 heterocycles. The van der Waals surface area contributed by atoms with Gasteiger partial charge in [0.25, 0.3) is 0 Å². The number of nitrogens with two attached hydrogens (primary N) is 1. The fourth-order valence-electron chi connectivity index (χ4n) is 13.3. The summed E-state index contributed by atoms with van der Waals surface area (Å²) in [6.07, 6.45) is 29.1. The normalized spacial score (nSPS) is 25.6. The Morgan fingerprint density at radius 1 is 0.478 bits per heavy atom. The van der Waals surface area contributed by atoms with Crippen molar-refractivity contribution in [2.45, 2.75) is 197 Å². The largest absolute Gasteiger partial charge is 0.467 e. The number of ether oxygens (including phenoxy) is 5. The van der Waals surface area contributed by atoms with E-state index in [-0.39, 0.29) is 6.01 Å². The number of aryl methyl sites for hydroxylation is 1. The lowest BCUT2D eigenvalue weighted by Crippen LogP contribution is -2.32. The van der Waals surface area contributed by atoms with Gasteiger partial charge >= 0.3 is 6.01 Å². The number of hydrogen-bond acceptors (Lipinski definition) is 29. The van der Waals surface area contributed by atoms with E-state index in [9.17, 15) is 40.9 Å². The molecule has 4 saturated heterocycles. The molecule has 12 rings (SSSR count). The van der Waals surface area contributed by atoms with Crippen molar-refractivity contribution in [2.75, 3.05) is 133 Å². The highest BCUT2D eigenvalue weighted by atomic mass is 32.2. The van der Waals surface area contributed by atoms with E-state index >= 15 is 0 Å². The SMILES string of the molecule is C=P(C)(C)CC[C@H]1O[C@@H](n2c(C)nc3c(N)ccnc32)[C@H](O)[C@@H]1O.C=P(C)(C)CC[C@H]1O[C@@H](n2cnc3c(NC/C=C(/C)CC)nc(OC)nc32)[C@H](O)[C@@H]1O.C=P(C)(C)CC[C@H]1O[C@@H](n2cnc3c(NC/C=C(/C)CC)nc(SC)nc32)[C@H](O)[C@@H]1O.C=P(C)(C)CC[C@H]1O[C@@H](n2cnc3c(NC/C=C(/C)CC)ncnc32)[C@H](O)[C@@H]1O. The maximum absolute atomic E-state index is 10.7. The van der Waals surface area contributed by atoms with Gasteiger partial charge in [-0.25, -0.2) is 44.9 Å². The lowest BCUT2D eigenvalue weighted by Gasteiger charge is -2.19. The van der Waals surface area contributed by atoms with Crippen molar-refractivity contribution in [2.24, 2.45) is 0 Å². The highest BCUT2D eigenvalue weighted by Gasteiger charge is 2.48. The second kappa shape index (κ2) is 40.1. The van der Waals surface area contributed by atoms with Gasteiger partial charge in [-0.1, -0.05) is 67.5 Å². The van der Waals surface area contributed by atoms with Gasteiger partial charge in [-0.05, 0) is 163 Å². The van der Waals surface area contributed by atoms with E-state index in [4.69, 9.17) is 29.4 Å². The summed E-state index contributed by atoms with van der Waals surface area (Å²) in [7, 11) is 1.50. The van der Waals surface area contributed by atoms with Gasteiger partial charge < -0.3 is 86.2 Å². The summed E-state index contributed by atoms with van der Waals surface area (Å²) in [6, 6.07) is 1.86. The maximum Gasteiger partial charge on any atom is 0.320 e. The van der Waals surface area contributed by atoms with Gasteiger partial charge in [-0.2, -0.15) is 9.97 Å². The summed E-state index contributed by atoms with van der Waals surface area (Å²) < 4.78 is 36.1. The summed E-state index contributed by atoms with van der Waals surface area (Å²) in [6.45, 7) is 28.5. The number of nitrogens with zero attached hydrogens (tertiary/aromatic N) is 15. The Bertz CT molecular complexity index is 4740. The lowest BCUT2D eigenvalue weighted by molar-refractivity contribution is -0.0363. The first kappa shape index (κ1) is 92.4. The highest BCUT2D eigenvalue weighted by Crippen LogP contribution is 2.45. The van der Waals surface area contributed by atoms with E-state index in [1.165, 1.54) is 41.9 Å². The molecule has 16 atom stereocenters. The number of fused-ring (bicyclic) bond motifs is 4. The minimum absolute atomic E-state index is 0.182. The third-order valence-electron chi connectivity index (χ3n) is 20.6. The third-order valence-corrected chi connectivity index (χ3v) is 27.1. The van der Waals surface area contributed by atoms with Crippen LogP contribution >= 0.6 is 39.3 Å². The molecule has 32 nitrogen and oxygen atoms in total. The third kappa shape index (κ3) is 23.8. The van der Waals surface area contributed by atoms with Crippen LogP contribution < -0.4 is 26.4 Å². The van der Waals surface area contributed by atoms with E-state index in [1.807, 2.05) is 13.2 Å². The van der Waals surface area contributed by atoms with Crippen LogP contribution in [0, 0.1) is 6.92 Å². The van der Waals surface area contributed by atoms with Crippen LogP contribution in [0.25, 0.3) is 44.7 Å². The Balaban J connectivity index is 0.000000176. The van der Waals surface area contributed by atoms with Crippen LogP contribution in [0.1, 0.15) is 117 Å². The van der Waals surface area contributed by atoms with Crippen LogP contribution in [0.5, 0.6) is 6.01 Å². The number of rotatable bonds is 30. The van der Waals surface area contributed by atoms with Crippen molar-refractivity contribution >= 4 is 132 Å². The fourth-order valence-corrected chi connectivity index (χ4v) is 17.4. The Hall–Kier alpha value is -6.44. The molecule has 636 valence electrons. The number of thioether (sulfide) groups is 1. The number of aromatic nitrogens is 15. The van der Waals surface area contributed by atoms with Crippen molar-refractivity contribution in [3.05, 3.63) is 78.3 Å². The average Bonchev–Trinajstić information content (AvgIpc) is 1.62. The molecule has 37 heteroatoms. The Morgan fingerprint density at radius 2 is 0.843 bits per heavy atom. The standard InChI is InChI=1S/C21H34N5O4P.C21H34N5O3PS.C20H32N5O3P.C16H25N4O3P/c1-7-13(2)8-10-22-18-15-19(25-21(24-18)29-3)26(12-23-15)20-17(28)16(27)14(30-20)9-11-31(4,5)6;1-7-13(2)8-10-22-18-15-19(25-21(24-18)31-6)26(12-23-15)20-17(28)16(27)14(29-20)9-11-30(3,4)5;1-6-13(2)7-9-21-18-15-19(23-11-22-18)25(12-24-15)20-17(27)16(26)14(28-20)8-10-29(3,4)5;1-9-19-12-10(17)5-7-18-15(12)20(9)16-14(22)13(21)11(23-16)6-8-24(2,3)4/h8,12,14,16-17,20,27-28H,4,7,9-11H2,1-3,5-6H3,(H,22,24,25);8,12,14,16-17,20,27-28H,3,7,9-11H2,1-2,4-6H3,(H,22,24,25);7,11-12,14,16-17,20,26-27H,3,6,8-10H2,1-2,4-5H3,(H,21,22,23);5,7,11,13-14,16,21-22H,2,6,8H2,1,3-4H3,(H2,17,18)/b2*13-8-;13-7-;/t3*14-,16-,17-,20-;11-,13-,14-,16-/m1111/s1. The van der Waals surface area contributed by atoms with Crippen LogP contribution in [-0.4, -0.2) is 323 Å². The van der Waals surface area contributed by atoms with Crippen LogP contribution in [0.15, 0.2) is 77.7 Å². The lowest BCUT2D eigenvalue weighted by atomic mass is 10.1. The first-order chi connectivity index (χ1) is 54.2.